The van der Waals surface area contributed by atoms with E-state index in [1.54, 1.807) is 13.0 Å². The third-order valence-corrected chi connectivity index (χ3v) is 5.08. The molecule has 2 heterocycles. The fourth-order valence-electron chi connectivity index (χ4n) is 3.60. The number of hydrogen-bond acceptors (Lipinski definition) is 5. The van der Waals surface area contributed by atoms with E-state index in [0.717, 1.165) is 28.1 Å². The summed E-state index contributed by atoms with van der Waals surface area (Å²) in [4.78, 5) is 6.70. The van der Waals surface area contributed by atoms with E-state index in [1.165, 1.54) is 0 Å². The van der Waals surface area contributed by atoms with Gasteiger partial charge in [-0.3, -0.25) is 0 Å². The molecule has 0 spiro atoms. The average molecular weight is 376 g/mol. The van der Waals surface area contributed by atoms with Gasteiger partial charge in [-0.15, -0.1) is 0 Å². The first-order valence-corrected chi connectivity index (χ1v) is 9.47. The summed E-state index contributed by atoms with van der Waals surface area (Å²) < 4.78 is 5.86. The summed E-state index contributed by atoms with van der Waals surface area (Å²) in [5.74, 6) is 1.48. The Hall–Kier alpha value is -3.05. The third-order valence-electron chi connectivity index (χ3n) is 5.08. The molecule has 1 aromatic heterocycles. The summed E-state index contributed by atoms with van der Waals surface area (Å²) in [6.45, 7) is 5.43. The van der Waals surface area contributed by atoms with Crippen molar-refractivity contribution in [3.8, 4) is 22.6 Å². The number of phenols is 1. The predicted molar refractivity (Wildman–Crippen MR) is 110 cm³/mol. The molecule has 144 valence electrons. The fraction of sp³-hybridized carbons (Fsp3) is 0.261. The molecule has 0 unspecified atom stereocenters. The Morgan fingerprint density at radius 3 is 2.71 bits per heavy atom. The molecule has 0 fully saturated rings. The number of aromatic nitrogens is 1. The van der Waals surface area contributed by atoms with Crippen molar-refractivity contribution in [1.82, 2.24) is 4.98 Å². The van der Waals surface area contributed by atoms with Gasteiger partial charge in [0, 0.05) is 12.1 Å². The van der Waals surface area contributed by atoms with E-state index in [1.807, 2.05) is 30.3 Å². The first kappa shape index (κ1) is 18.3. The molecular weight excluding hydrogens is 352 g/mol. The van der Waals surface area contributed by atoms with Crippen LogP contribution in [0.3, 0.4) is 0 Å². The highest BCUT2D eigenvalue weighted by Crippen LogP contribution is 2.38. The van der Waals surface area contributed by atoms with Crippen LogP contribution in [0.4, 0.5) is 5.82 Å². The highest BCUT2D eigenvalue weighted by atomic mass is 16.5. The van der Waals surface area contributed by atoms with Crippen LogP contribution in [0.5, 0.6) is 11.5 Å². The number of benzene rings is 2. The number of anilines is 1. The Morgan fingerprint density at radius 1 is 1.11 bits per heavy atom. The fourth-order valence-corrected chi connectivity index (χ4v) is 3.60. The number of rotatable bonds is 3. The Bertz CT molecular complexity index is 1000. The van der Waals surface area contributed by atoms with Gasteiger partial charge in [-0.1, -0.05) is 30.3 Å². The smallest absolute Gasteiger partial charge is 0.166 e. The normalized spacial score (nSPS) is 14.8. The van der Waals surface area contributed by atoms with Crippen molar-refractivity contribution in [3.05, 3.63) is 71.4 Å². The van der Waals surface area contributed by atoms with E-state index in [2.05, 4.69) is 35.0 Å². The first-order chi connectivity index (χ1) is 13.5. The number of fused-ring (bicyclic) bond motifs is 1. The number of ether oxygens (including phenoxy) is 1. The van der Waals surface area contributed by atoms with Crippen molar-refractivity contribution >= 4 is 5.82 Å². The predicted octanol–water partition coefficient (Wildman–Crippen LogP) is 4.21. The molecular formula is C23H24N2O3. The maximum Gasteiger partial charge on any atom is 0.166 e. The van der Waals surface area contributed by atoms with Crippen LogP contribution in [0.1, 0.15) is 29.8 Å². The largest absolute Gasteiger partial charge is 0.504 e. The van der Waals surface area contributed by atoms with Crippen LogP contribution in [0, 0.1) is 6.92 Å². The molecule has 5 heteroatoms. The van der Waals surface area contributed by atoms with Crippen LogP contribution >= 0.6 is 0 Å². The van der Waals surface area contributed by atoms with Gasteiger partial charge in [0.25, 0.3) is 0 Å². The van der Waals surface area contributed by atoms with Gasteiger partial charge < -0.3 is 19.8 Å². The molecule has 4 rings (SSSR count). The maximum absolute atomic E-state index is 10.6. The molecule has 2 N–H and O–H groups in total. The van der Waals surface area contributed by atoms with Crippen molar-refractivity contribution < 1.29 is 14.9 Å². The average Bonchev–Trinajstić information content (AvgIpc) is 2.91. The van der Waals surface area contributed by atoms with Gasteiger partial charge in [-0.25, -0.2) is 4.98 Å². The summed E-state index contributed by atoms with van der Waals surface area (Å²) >= 11 is 0. The van der Waals surface area contributed by atoms with Crippen molar-refractivity contribution in [3.63, 3.8) is 0 Å². The van der Waals surface area contributed by atoms with Crippen LogP contribution in [-0.2, 0) is 6.54 Å². The Labute approximate surface area is 164 Å². The number of aryl methyl sites for hydroxylation is 1. The summed E-state index contributed by atoms with van der Waals surface area (Å²) in [6.07, 6.45) is -0.618. The molecule has 2 aromatic carbocycles. The van der Waals surface area contributed by atoms with Gasteiger partial charge in [-0.05, 0) is 54.8 Å². The van der Waals surface area contributed by atoms with Crippen LogP contribution in [0.15, 0.2) is 54.6 Å². The lowest BCUT2D eigenvalue weighted by molar-refractivity contribution is 0.194. The molecule has 1 atom stereocenters. The van der Waals surface area contributed by atoms with Gasteiger partial charge in [0.1, 0.15) is 12.4 Å². The zero-order valence-corrected chi connectivity index (χ0v) is 16.1. The summed E-state index contributed by atoms with van der Waals surface area (Å²) in [7, 11) is 0. The second-order valence-electron chi connectivity index (χ2n) is 7.17. The molecule has 0 aliphatic carbocycles. The van der Waals surface area contributed by atoms with E-state index in [9.17, 15) is 10.2 Å². The molecule has 0 amide bonds. The summed E-state index contributed by atoms with van der Waals surface area (Å²) in [5.41, 5.74) is 4.76. The summed E-state index contributed by atoms with van der Waals surface area (Å²) in [5, 5.41) is 20.4. The van der Waals surface area contributed by atoms with Crippen molar-refractivity contribution in [2.45, 2.75) is 26.5 Å². The zero-order chi connectivity index (χ0) is 19.7. The Morgan fingerprint density at radius 2 is 1.93 bits per heavy atom. The lowest BCUT2D eigenvalue weighted by Crippen LogP contribution is -2.26. The van der Waals surface area contributed by atoms with E-state index < -0.39 is 6.10 Å². The second kappa shape index (κ2) is 7.52. The van der Waals surface area contributed by atoms with Gasteiger partial charge in [0.2, 0.25) is 0 Å². The van der Waals surface area contributed by atoms with E-state index in [-0.39, 0.29) is 5.75 Å². The molecule has 3 aromatic rings. The van der Waals surface area contributed by atoms with Gasteiger partial charge in [0.15, 0.2) is 11.5 Å². The van der Waals surface area contributed by atoms with E-state index in [4.69, 9.17) is 4.74 Å². The first-order valence-electron chi connectivity index (χ1n) is 9.47. The lowest BCUT2D eigenvalue weighted by atomic mass is 9.98. The minimum atomic E-state index is -0.618. The number of hydrogen-bond donors (Lipinski definition) is 2. The van der Waals surface area contributed by atoms with Gasteiger partial charge >= 0.3 is 0 Å². The van der Waals surface area contributed by atoms with Crippen molar-refractivity contribution in [1.29, 1.82) is 0 Å². The van der Waals surface area contributed by atoms with E-state index >= 15 is 0 Å². The van der Waals surface area contributed by atoms with Crippen LogP contribution in [0.25, 0.3) is 11.1 Å². The van der Waals surface area contributed by atoms with Crippen LogP contribution < -0.4 is 9.64 Å². The molecule has 1 aliphatic rings. The number of pyridine rings is 1. The number of aliphatic hydroxyl groups excluding tert-OH is 1. The van der Waals surface area contributed by atoms with Crippen molar-refractivity contribution in [2.24, 2.45) is 0 Å². The van der Waals surface area contributed by atoms with E-state index in [0.29, 0.717) is 31.1 Å². The minimum Gasteiger partial charge on any atom is -0.504 e. The third kappa shape index (κ3) is 3.53. The topological polar surface area (TPSA) is 65.8 Å². The molecule has 0 bridgehead atoms. The lowest BCUT2D eigenvalue weighted by Gasteiger charge is -2.22. The number of aliphatic hydroxyl groups is 1. The minimum absolute atomic E-state index is 0.156. The molecule has 1 aliphatic heterocycles. The van der Waals surface area contributed by atoms with Crippen LogP contribution in [0.2, 0.25) is 0 Å². The molecule has 0 saturated heterocycles. The number of phenolic OH excluding ortho intramolecular Hbond substituents is 1. The number of nitrogens with zero attached hydrogens (tertiary/aromatic N) is 2. The zero-order valence-electron chi connectivity index (χ0n) is 16.1. The maximum atomic E-state index is 10.6. The Balaban J connectivity index is 1.73. The Kier molecular flexibility index (Phi) is 4.92. The number of aromatic hydroxyl groups is 1. The van der Waals surface area contributed by atoms with Gasteiger partial charge in [0.05, 0.1) is 18.3 Å². The summed E-state index contributed by atoms with van der Waals surface area (Å²) in [6, 6.07) is 17.6. The standard InChI is InChI=1S/C23H24N2O3/c1-15-6-3-4-7-19(15)17-12-18-14-25(10-11-28-23(18)21(27)13-17)22-9-5-8-20(24-22)16(2)26/h3-9,12-13,16,26-27H,10-11,14H2,1-2H3/t16-/m1/s1. The highest BCUT2D eigenvalue weighted by Gasteiger charge is 2.21. The quantitative estimate of drug-likeness (QED) is 0.717. The molecule has 0 saturated carbocycles. The van der Waals surface area contributed by atoms with Crippen molar-refractivity contribution in [2.75, 3.05) is 18.1 Å². The highest BCUT2D eigenvalue weighted by molar-refractivity contribution is 5.72. The monoisotopic (exact) mass is 376 g/mol. The molecule has 5 nitrogen and oxygen atoms in total. The van der Waals surface area contributed by atoms with Crippen LogP contribution in [-0.4, -0.2) is 28.3 Å². The van der Waals surface area contributed by atoms with Gasteiger partial charge in [-0.2, -0.15) is 0 Å². The second-order valence-corrected chi connectivity index (χ2v) is 7.17. The molecule has 28 heavy (non-hydrogen) atoms. The SMILES string of the molecule is Cc1ccccc1-c1cc(O)c2c(c1)CN(c1cccc([C@@H](C)O)n1)CCO2. The molecule has 0 radical (unpaired) electrons.